The van der Waals surface area contributed by atoms with E-state index in [1.807, 2.05) is 50.2 Å². The zero-order valence-corrected chi connectivity index (χ0v) is 31.2. The number of hydrogen-bond acceptors (Lipinski definition) is 10. The molecule has 1 atom stereocenters. The molecule has 1 saturated heterocycles. The number of hydrazine groups is 1. The normalized spacial score (nSPS) is 18.3. The molecular weight excluding hydrogens is 675 g/mol. The number of nitrogens with one attached hydrogen (secondary N) is 2. The molecule has 5 rings (SSSR count). The van der Waals surface area contributed by atoms with E-state index in [0.29, 0.717) is 66.5 Å². The average Bonchev–Trinajstić information content (AvgIpc) is 3.77. The summed E-state index contributed by atoms with van der Waals surface area (Å²) in [4.78, 5) is 35.6. The number of nitrogens with two attached hydrogens (primary N) is 2. The van der Waals surface area contributed by atoms with Gasteiger partial charge in [0.1, 0.15) is 11.1 Å². The third-order valence-corrected chi connectivity index (χ3v) is 10.5. The molecule has 3 heterocycles. The molecule has 12 nitrogen and oxygen atoms in total. The highest BCUT2D eigenvalue weighted by Gasteiger charge is 2.44. The summed E-state index contributed by atoms with van der Waals surface area (Å²) in [5.74, 6) is 6.74. The molecule has 0 spiro atoms. The molecule has 0 aliphatic carbocycles. The fraction of sp³-hybridized carbons (Fsp3) is 0.333. The lowest BCUT2D eigenvalue weighted by atomic mass is 9.96. The smallest absolute Gasteiger partial charge is 0.241 e. The predicted octanol–water partition coefficient (Wildman–Crippen LogP) is 5.18. The van der Waals surface area contributed by atoms with E-state index in [4.69, 9.17) is 16.3 Å². The number of ether oxygens (including phenoxy) is 1. The maximum atomic E-state index is 13.9. The lowest BCUT2D eigenvalue weighted by molar-refractivity contribution is -0.132. The lowest BCUT2D eigenvalue weighted by Crippen LogP contribution is -2.45. The van der Waals surface area contributed by atoms with Crippen LogP contribution in [0.1, 0.15) is 37.8 Å². The van der Waals surface area contributed by atoms with Crippen LogP contribution in [-0.4, -0.2) is 86.2 Å². The maximum Gasteiger partial charge on any atom is 0.241 e. The number of thioether (sulfide) groups is 1. The number of carbonyl (C=O) groups excluding carboxylic acids is 2. The molecule has 0 radical (unpaired) electrons. The second kappa shape index (κ2) is 16.9. The second-order valence-corrected chi connectivity index (χ2v) is 14.4. The molecule has 0 unspecified atom stereocenters. The number of benzene rings is 2. The van der Waals surface area contributed by atoms with Crippen LogP contribution >= 0.6 is 11.8 Å². The number of rotatable bonds is 14. The highest BCUT2D eigenvalue weighted by molar-refractivity contribution is 8.00. The number of amides is 2. The Morgan fingerprint density at radius 1 is 1.15 bits per heavy atom. The summed E-state index contributed by atoms with van der Waals surface area (Å²) in [7, 11) is 1.85. The zero-order valence-electron chi connectivity index (χ0n) is 30.4. The Kier molecular flexibility index (Phi) is 12.4. The van der Waals surface area contributed by atoms with Crippen molar-refractivity contribution in [2.24, 2.45) is 18.6 Å². The standard InChI is InChI=1S/C39H49N9O3S/c1-7-8-31(21-35(40)51-26(2)3)27(4)33-22-32(13-14-34(33)44-41)43-38(50)39(52-6)17-20-47(24-39)23-36(49)48-18-15-29(16-19-48)28-9-11-30(12-10-28)37-42-25-46(5)45-37/h7-15,21-22,25-26,44H,1,4,16-20,23-24,40-41H2,2-3,5-6H3,(H,43,50)/b31-8+,35-21+/t39-/m0/s1. The third-order valence-electron chi connectivity index (χ3n) is 9.22. The number of aromatic nitrogens is 3. The first-order chi connectivity index (χ1) is 24.9. The van der Waals surface area contributed by atoms with Crippen LogP contribution in [0.4, 0.5) is 11.4 Å². The molecule has 3 aromatic rings. The Hall–Kier alpha value is -5.11. The van der Waals surface area contributed by atoms with Crippen molar-refractivity contribution in [1.29, 1.82) is 0 Å². The average molecular weight is 724 g/mol. The van der Waals surface area contributed by atoms with Crippen molar-refractivity contribution in [3.05, 3.63) is 109 Å². The summed E-state index contributed by atoms with van der Waals surface area (Å²) in [6, 6.07) is 13.6. The van der Waals surface area contributed by atoms with Gasteiger partial charge in [-0.1, -0.05) is 55.7 Å². The van der Waals surface area contributed by atoms with Crippen LogP contribution in [0.25, 0.3) is 22.5 Å². The highest BCUT2D eigenvalue weighted by Crippen LogP contribution is 2.37. The van der Waals surface area contributed by atoms with E-state index >= 15 is 0 Å². The molecule has 1 fully saturated rings. The Bertz CT molecular complexity index is 1900. The van der Waals surface area contributed by atoms with Crippen LogP contribution in [0.15, 0.2) is 97.7 Å². The van der Waals surface area contributed by atoms with Crippen LogP contribution in [0.2, 0.25) is 0 Å². The molecule has 2 amide bonds. The topological polar surface area (TPSA) is 157 Å². The van der Waals surface area contributed by atoms with Gasteiger partial charge in [0.15, 0.2) is 11.7 Å². The van der Waals surface area contributed by atoms with Gasteiger partial charge in [-0.25, -0.2) is 4.98 Å². The minimum Gasteiger partial charge on any atom is -0.477 e. The fourth-order valence-corrected chi connectivity index (χ4v) is 7.26. The van der Waals surface area contributed by atoms with E-state index in [9.17, 15) is 9.59 Å². The van der Waals surface area contributed by atoms with Gasteiger partial charge in [0, 0.05) is 56.1 Å². The van der Waals surface area contributed by atoms with Crippen LogP contribution in [-0.2, 0) is 21.4 Å². The van der Waals surface area contributed by atoms with Gasteiger partial charge in [-0.15, -0.1) is 11.8 Å². The predicted molar refractivity (Wildman–Crippen MR) is 212 cm³/mol. The van der Waals surface area contributed by atoms with Gasteiger partial charge in [-0.05, 0) is 73.4 Å². The van der Waals surface area contributed by atoms with E-state index in [-0.39, 0.29) is 30.3 Å². The van der Waals surface area contributed by atoms with E-state index < -0.39 is 4.75 Å². The first-order valence-corrected chi connectivity index (χ1v) is 18.5. The molecule has 0 bridgehead atoms. The Balaban J connectivity index is 1.20. The van der Waals surface area contributed by atoms with Crippen molar-refractivity contribution in [3.63, 3.8) is 0 Å². The summed E-state index contributed by atoms with van der Waals surface area (Å²) in [6.45, 7) is 14.5. The van der Waals surface area contributed by atoms with Gasteiger partial charge in [-0.2, -0.15) is 5.10 Å². The van der Waals surface area contributed by atoms with E-state index in [1.165, 1.54) is 17.3 Å². The Morgan fingerprint density at radius 3 is 2.52 bits per heavy atom. The summed E-state index contributed by atoms with van der Waals surface area (Å²) in [6.07, 6.45) is 12.2. The molecule has 274 valence electrons. The number of carbonyl (C=O) groups is 2. The largest absolute Gasteiger partial charge is 0.477 e. The van der Waals surface area contributed by atoms with Crippen molar-refractivity contribution < 1.29 is 14.3 Å². The Labute approximate surface area is 310 Å². The molecule has 13 heteroatoms. The number of nitrogens with zero attached hydrogens (tertiary/aromatic N) is 5. The number of aryl methyl sites for hydroxylation is 1. The molecule has 2 aliphatic rings. The minimum absolute atomic E-state index is 0.0640. The first-order valence-electron chi connectivity index (χ1n) is 17.2. The van der Waals surface area contributed by atoms with E-state index in [0.717, 1.165) is 17.5 Å². The van der Waals surface area contributed by atoms with Crippen LogP contribution in [0.3, 0.4) is 0 Å². The SMILES string of the molecule is C=C/C=C(\C=C(/N)OC(C)C)C(=C)c1cc(NC(=O)[C@]2(SC)CCN(CC(=O)N3CC=C(c4ccc(-c5ncn(C)n5)cc4)CC3)C2)ccc1NN. The second-order valence-electron chi connectivity index (χ2n) is 13.2. The summed E-state index contributed by atoms with van der Waals surface area (Å²) in [5, 5.41) is 7.49. The van der Waals surface area contributed by atoms with Gasteiger partial charge in [0.05, 0.1) is 18.3 Å². The molecule has 2 aromatic carbocycles. The molecule has 6 N–H and O–H groups in total. The fourth-order valence-electron chi connectivity index (χ4n) is 6.41. The third kappa shape index (κ3) is 9.02. The highest BCUT2D eigenvalue weighted by atomic mass is 32.2. The van der Waals surface area contributed by atoms with Crippen LogP contribution < -0.4 is 22.3 Å². The Morgan fingerprint density at radius 2 is 1.90 bits per heavy atom. The van der Waals surface area contributed by atoms with Gasteiger partial charge in [-0.3, -0.25) is 25.0 Å². The van der Waals surface area contributed by atoms with Gasteiger partial charge >= 0.3 is 0 Å². The summed E-state index contributed by atoms with van der Waals surface area (Å²) < 4.78 is 6.59. The molecule has 2 aliphatic heterocycles. The summed E-state index contributed by atoms with van der Waals surface area (Å²) >= 11 is 1.51. The number of hydrogen-bond donors (Lipinski definition) is 4. The van der Waals surface area contributed by atoms with E-state index in [2.05, 4.69) is 57.1 Å². The maximum absolute atomic E-state index is 13.9. The number of nitrogen functional groups attached to an aromatic ring is 1. The van der Waals surface area contributed by atoms with Crippen LogP contribution in [0, 0.1) is 0 Å². The van der Waals surface area contributed by atoms with Crippen molar-refractivity contribution in [1.82, 2.24) is 24.6 Å². The van der Waals surface area contributed by atoms with Crippen molar-refractivity contribution >= 4 is 46.1 Å². The summed E-state index contributed by atoms with van der Waals surface area (Å²) in [5.41, 5.74) is 15.3. The number of likely N-dealkylation sites (tertiary alicyclic amines) is 1. The molecule has 1 aromatic heterocycles. The molecular formula is C39H49N9O3S. The van der Waals surface area contributed by atoms with Crippen molar-refractivity contribution in [2.75, 3.05) is 49.7 Å². The monoisotopic (exact) mass is 723 g/mol. The quantitative estimate of drug-likeness (QED) is 0.0757. The first kappa shape index (κ1) is 38.1. The van der Waals surface area contributed by atoms with Gasteiger partial charge in [0.25, 0.3) is 0 Å². The van der Waals surface area contributed by atoms with Gasteiger partial charge in [0.2, 0.25) is 11.8 Å². The molecule has 0 saturated carbocycles. The minimum atomic E-state index is -0.715. The molecule has 52 heavy (non-hydrogen) atoms. The number of anilines is 2. The zero-order chi connectivity index (χ0) is 37.4. The lowest BCUT2D eigenvalue weighted by Gasteiger charge is -2.30. The van der Waals surface area contributed by atoms with Gasteiger partial charge < -0.3 is 26.1 Å². The number of allylic oxidation sites excluding steroid dienone is 5. The van der Waals surface area contributed by atoms with E-state index in [1.54, 1.807) is 41.4 Å². The van der Waals surface area contributed by atoms with Crippen molar-refractivity contribution in [3.8, 4) is 11.4 Å². The van der Waals surface area contributed by atoms with Crippen LogP contribution in [0.5, 0.6) is 0 Å². The van der Waals surface area contributed by atoms with Crippen molar-refractivity contribution in [2.45, 2.75) is 37.5 Å².